The van der Waals surface area contributed by atoms with Crippen LogP contribution in [0.5, 0.6) is 0 Å². The van der Waals surface area contributed by atoms with E-state index in [2.05, 4.69) is 99.9 Å². The lowest BCUT2D eigenvalue weighted by molar-refractivity contribution is 0.641. The van der Waals surface area contributed by atoms with E-state index >= 15 is 0 Å². The smallest absolute Gasteiger partial charge is 0.0910 e. The molecule has 0 radical (unpaired) electrons. The first-order valence-corrected chi connectivity index (χ1v) is 9.63. The van der Waals surface area contributed by atoms with Crippen LogP contribution in [0.4, 0.5) is 11.4 Å². The monoisotopic (exact) mass is 336 g/mol. The Bertz CT molecular complexity index is 658. The van der Waals surface area contributed by atoms with Crippen molar-refractivity contribution in [2.75, 3.05) is 16.5 Å². The highest BCUT2D eigenvalue weighted by molar-refractivity contribution is 5.63. The highest BCUT2D eigenvalue weighted by Gasteiger charge is 2.36. The summed E-state index contributed by atoms with van der Waals surface area (Å²) in [4.78, 5) is 5.16. The quantitative estimate of drug-likeness (QED) is 0.676. The van der Waals surface area contributed by atoms with Crippen molar-refractivity contribution < 1.29 is 0 Å². The van der Waals surface area contributed by atoms with E-state index < -0.39 is 0 Å². The Morgan fingerprint density at radius 3 is 1.40 bits per heavy atom. The van der Waals surface area contributed by atoms with Gasteiger partial charge in [-0.15, -0.1) is 0 Å². The van der Waals surface area contributed by atoms with E-state index in [0.29, 0.717) is 23.9 Å². The summed E-state index contributed by atoms with van der Waals surface area (Å²) in [6, 6.07) is 18.8. The third-order valence-electron chi connectivity index (χ3n) is 5.72. The van der Waals surface area contributed by atoms with Crippen molar-refractivity contribution in [1.29, 1.82) is 0 Å². The van der Waals surface area contributed by atoms with Gasteiger partial charge in [0.05, 0.1) is 6.67 Å². The van der Waals surface area contributed by atoms with E-state index in [9.17, 15) is 0 Å². The molecule has 0 bridgehead atoms. The van der Waals surface area contributed by atoms with E-state index in [1.807, 2.05) is 0 Å². The molecule has 0 saturated carbocycles. The molecule has 1 aliphatic heterocycles. The SMILES string of the molecule is CC(C)c1ccccc1N1CN(c2ccccc2C(C)C)[C@@H](C)[C@H]1C. The molecule has 2 heteroatoms. The van der Waals surface area contributed by atoms with Gasteiger partial charge in [-0.2, -0.15) is 0 Å². The molecular formula is C23H32N2. The van der Waals surface area contributed by atoms with Crippen molar-refractivity contribution in [2.24, 2.45) is 0 Å². The number of nitrogens with zero attached hydrogens (tertiary/aromatic N) is 2. The predicted octanol–water partition coefficient (Wildman–Crippen LogP) is 5.99. The fourth-order valence-electron chi connectivity index (χ4n) is 4.01. The van der Waals surface area contributed by atoms with E-state index in [4.69, 9.17) is 0 Å². The topological polar surface area (TPSA) is 6.48 Å². The van der Waals surface area contributed by atoms with Crippen LogP contribution in [0, 0.1) is 0 Å². The van der Waals surface area contributed by atoms with Crippen molar-refractivity contribution in [3.8, 4) is 0 Å². The molecule has 1 heterocycles. The lowest BCUT2D eigenvalue weighted by atomic mass is 9.99. The first kappa shape index (κ1) is 17.8. The van der Waals surface area contributed by atoms with E-state index in [1.165, 1.54) is 22.5 Å². The second-order valence-electron chi connectivity index (χ2n) is 7.99. The molecule has 1 aliphatic rings. The summed E-state index contributed by atoms with van der Waals surface area (Å²) in [6.07, 6.45) is 0. The first-order chi connectivity index (χ1) is 11.9. The van der Waals surface area contributed by atoms with Crippen LogP contribution in [0.2, 0.25) is 0 Å². The molecule has 0 aliphatic carbocycles. The van der Waals surface area contributed by atoms with Gasteiger partial charge in [-0.3, -0.25) is 0 Å². The highest BCUT2D eigenvalue weighted by Crippen LogP contribution is 2.37. The molecule has 2 aromatic rings. The van der Waals surface area contributed by atoms with E-state index in [1.54, 1.807) is 0 Å². The highest BCUT2D eigenvalue weighted by atomic mass is 15.4. The van der Waals surface area contributed by atoms with Crippen LogP contribution in [0.15, 0.2) is 48.5 Å². The molecule has 1 saturated heterocycles. The molecule has 2 aromatic carbocycles. The second kappa shape index (κ2) is 7.11. The zero-order valence-corrected chi connectivity index (χ0v) is 16.5. The molecule has 1 fully saturated rings. The first-order valence-electron chi connectivity index (χ1n) is 9.63. The van der Waals surface area contributed by atoms with Crippen molar-refractivity contribution in [3.05, 3.63) is 59.7 Å². The maximum atomic E-state index is 2.58. The summed E-state index contributed by atoms with van der Waals surface area (Å²) in [6.45, 7) is 14.8. The summed E-state index contributed by atoms with van der Waals surface area (Å²) in [5, 5.41) is 0. The molecule has 3 rings (SSSR count). The van der Waals surface area contributed by atoms with Gasteiger partial charge in [0.15, 0.2) is 0 Å². The summed E-state index contributed by atoms with van der Waals surface area (Å²) in [5.74, 6) is 1.08. The third-order valence-corrected chi connectivity index (χ3v) is 5.72. The number of hydrogen-bond acceptors (Lipinski definition) is 2. The number of hydrogen-bond donors (Lipinski definition) is 0. The van der Waals surface area contributed by atoms with Crippen LogP contribution in [0.1, 0.15) is 64.5 Å². The summed E-state index contributed by atoms with van der Waals surface area (Å²) < 4.78 is 0. The van der Waals surface area contributed by atoms with Crippen LogP contribution >= 0.6 is 0 Å². The largest absolute Gasteiger partial charge is 0.349 e. The minimum absolute atomic E-state index is 0.486. The Morgan fingerprint density at radius 2 is 1.04 bits per heavy atom. The van der Waals surface area contributed by atoms with Gasteiger partial charge in [0.25, 0.3) is 0 Å². The molecule has 0 spiro atoms. The molecule has 0 aromatic heterocycles. The van der Waals surface area contributed by atoms with Crippen molar-refractivity contribution in [3.63, 3.8) is 0 Å². The lowest BCUT2D eigenvalue weighted by Gasteiger charge is -2.28. The van der Waals surface area contributed by atoms with Crippen LogP contribution in [-0.2, 0) is 0 Å². The fourth-order valence-corrected chi connectivity index (χ4v) is 4.01. The maximum Gasteiger partial charge on any atom is 0.0910 e. The van der Waals surface area contributed by atoms with Gasteiger partial charge in [0, 0.05) is 23.5 Å². The van der Waals surface area contributed by atoms with Gasteiger partial charge in [0.1, 0.15) is 0 Å². The standard InChI is InChI=1S/C23H32N2/c1-16(2)20-11-7-9-13-22(20)24-15-25(19(6)18(24)5)23-14-10-8-12-21(23)17(3)4/h7-14,16-19H,15H2,1-6H3/t18-,19+. The molecule has 0 N–H and O–H groups in total. The number of para-hydroxylation sites is 2. The molecule has 2 atom stereocenters. The zero-order valence-electron chi connectivity index (χ0n) is 16.5. The number of benzene rings is 2. The van der Waals surface area contributed by atoms with Gasteiger partial charge in [-0.05, 0) is 48.9 Å². The van der Waals surface area contributed by atoms with Crippen LogP contribution < -0.4 is 9.80 Å². The van der Waals surface area contributed by atoms with Crippen molar-refractivity contribution in [2.45, 2.75) is 65.5 Å². The lowest BCUT2D eigenvalue weighted by Crippen LogP contribution is -2.33. The van der Waals surface area contributed by atoms with E-state index in [0.717, 1.165) is 6.67 Å². The van der Waals surface area contributed by atoms with Crippen LogP contribution in [-0.4, -0.2) is 18.8 Å². The molecule has 0 unspecified atom stereocenters. The molecule has 2 nitrogen and oxygen atoms in total. The van der Waals surface area contributed by atoms with E-state index in [-0.39, 0.29) is 0 Å². The normalized spacial score (nSPS) is 20.8. The number of anilines is 2. The van der Waals surface area contributed by atoms with Gasteiger partial charge >= 0.3 is 0 Å². The Morgan fingerprint density at radius 1 is 0.680 bits per heavy atom. The van der Waals surface area contributed by atoms with Gasteiger partial charge < -0.3 is 9.80 Å². The molecule has 25 heavy (non-hydrogen) atoms. The molecule has 0 amide bonds. The minimum atomic E-state index is 0.486. The second-order valence-corrected chi connectivity index (χ2v) is 7.99. The minimum Gasteiger partial charge on any atom is -0.349 e. The average Bonchev–Trinajstić information content (AvgIpc) is 2.90. The fraction of sp³-hybridized carbons (Fsp3) is 0.478. The molecular weight excluding hydrogens is 304 g/mol. The third kappa shape index (κ3) is 3.27. The zero-order chi connectivity index (χ0) is 18.1. The molecule has 134 valence electrons. The average molecular weight is 337 g/mol. The summed E-state index contributed by atoms with van der Waals surface area (Å²) >= 11 is 0. The predicted molar refractivity (Wildman–Crippen MR) is 110 cm³/mol. The Kier molecular flexibility index (Phi) is 5.08. The summed E-state index contributed by atoms with van der Waals surface area (Å²) in [5.41, 5.74) is 5.67. The van der Waals surface area contributed by atoms with Gasteiger partial charge in [-0.1, -0.05) is 64.1 Å². The van der Waals surface area contributed by atoms with Gasteiger partial charge in [-0.25, -0.2) is 0 Å². The Hall–Kier alpha value is -1.96. The van der Waals surface area contributed by atoms with Gasteiger partial charge in [0.2, 0.25) is 0 Å². The van der Waals surface area contributed by atoms with Crippen molar-refractivity contribution >= 4 is 11.4 Å². The maximum absolute atomic E-state index is 2.58. The van der Waals surface area contributed by atoms with Crippen molar-refractivity contribution in [1.82, 2.24) is 0 Å². The Balaban J connectivity index is 1.98. The van der Waals surface area contributed by atoms with Crippen LogP contribution in [0.25, 0.3) is 0 Å². The van der Waals surface area contributed by atoms with Crippen LogP contribution in [0.3, 0.4) is 0 Å². The number of rotatable bonds is 4. The Labute approximate surface area is 153 Å². The summed E-state index contributed by atoms with van der Waals surface area (Å²) in [7, 11) is 0.